The molecule has 0 spiro atoms. The molecule has 21 heavy (non-hydrogen) atoms. The first kappa shape index (κ1) is 14.4. The molecule has 0 N–H and O–H groups in total. The number of nitrogens with zero attached hydrogens (tertiary/aromatic N) is 4. The number of fused-ring (bicyclic) bond motifs is 1. The summed E-state index contributed by atoms with van der Waals surface area (Å²) >= 11 is 13.5. The highest BCUT2D eigenvalue weighted by atomic mass is 35.5. The van der Waals surface area contributed by atoms with Crippen LogP contribution in [0.15, 0.2) is 23.7 Å². The summed E-state index contributed by atoms with van der Waals surface area (Å²) in [5.74, 6) is -0.0594. The summed E-state index contributed by atoms with van der Waals surface area (Å²) in [7, 11) is 0. The average molecular weight is 343 g/mol. The predicted molar refractivity (Wildman–Crippen MR) is 80.4 cm³/mol. The second kappa shape index (κ2) is 5.67. The van der Waals surface area contributed by atoms with Gasteiger partial charge in [0, 0.05) is 18.6 Å². The van der Waals surface area contributed by atoms with E-state index in [9.17, 15) is 4.79 Å². The van der Waals surface area contributed by atoms with Gasteiger partial charge in [0.2, 0.25) is 5.88 Å². The fourth-order valence-corrected chi connectivity index (χ4v) is 2.77. The van der Waals surface area contributed by atoms with Crippen molar-refractivity contribution in [1.82, 2.24) is 15.0 Å². The van der Waals surface area contributed by atoms with Crippen LogP contribution in [0.2, 0.25) is 10.0 Å². The van der Waals surface area contributed by atoms with Gasteiger partial charge in [-0.25, -0.2) is 4.98 Å². The molecule has 0 atom stereocenters. The summed E-state index contributed by atoms with van der Waals surface area (Å²) in [4.78, 5) is 26.0. The van der Waals surface area contributed by atoms with Crippen LogP contribution in [0.1, 0.15) is 10.4 Å². The van der Waals surface area contributed by atoms with Crippen LogP contribution in [0.4, 0.5) is 5.69 Å². The molecule has 0 bridgehead atoms. The number of halogens is 2. The lowest BCUT2D eigenvalue weighted by molar-refractivity contribution is 0.0931. The molecular formula is C12H8Cl2N4O2S. The van der Waals surface area contributed by atoms with Gasteiger partial charge in [0.1, 0.15) is 5.56 Å². The van der Waals surface area contributed by atoms with Gasteiger partial charge in [-0.15, -0.1) is 0 Å². The molecule has 0 radical (unpaired) electrons. The van der Waals surface area contributed by atoms with E-state index in [1.54, 1.807) is 0 Å². The van der Waals surface area contributed by atoms with Gasteiger partial charge in [-0.1, -0.05) is 35.0 Å². The van der Waals surface area contributed by atoms with Gasteiger partial charge >= 0.3 is 0 Å². The minimum Gasteiger partial charge on any atom is -0.455 e. The van der Waals surface area contributed by atoms with Gasteiger partial charge in [0.25, 0.3) is 5.91 Å². The maximum Gasteiger partial charge on any atom is 0.268 e. The van der Waals surface area contributed by atoms with Crippen LogP contribution in [0.25, 0.3) is 0 Å². The van der Waals surface area contributed by atoms with Gasteiger partial charge in [-0.05, 0) is 6.26 Å². The minimum absolute atomic E-state index is 0.0277. The highest BCUT2D eigenvalue weighted by Crippen LogP contribution is 2.36. The van der Waals surface area contributed by atoms with Gasteiger partial charge in [0.05, 0.1) is 15.7 Å². The van der Waals surface area contributed by atoms with E-state index < -0.39 is 0 Å². The van der Waals surface area contributed by atoms with Gasteiger partial charge < -0.3 is 4.74 Å². The van der Waals surface area contributed by atoms with E-state index in [4.69, 9.17) is 27.9 Å². The first-order valence-corrected chi connectivity index (χ1v) is 7.74. The van der Waals surface area contributed by atoms with E-state index in [0.29, 0.717) is 10.8 Å². The topological polar surface area (TPSA) is 68.2 Å². The summed E-state index contributed by atoms with van der Waals surface area (Å²) in [5, 5.41) is 1.07. The number of anilines is 1. The van der Waals surface area contributed by atoms with E-state index >= 15 is 0 Å². The van der Waals surface area contributed by atoms with E-state index in [2.05, 4.69) is 15.0 Å². The molecule has 1 aliphatic rings. The van der Waals surface area contributed by atoms with Crippen molar-refractivity contribution in [3.8, 4) is 5.88 Å². The van der Waals surface area contributed by atoms with E-state index in [1.165, 1.54) is 35.3 Å². The third-order valence-corrected chi connectivity index (χ3v) is 3.93. The number of hydrogen-bond acceptors (Lipinski definition) is 6. The second-order valence-electron chi connectivity index (χ2n) is 4.03. The molecule has 0 aromatic carbocycles. The molecule has 2 aromatic heterocycles. The average Bonchev–Trinajstić information content (AvgIpc) is 2.49. The first-order chi connectivity index (χ1) is 10.1. The maximum absolute atomic E-state index is 12.5. The van der Waals surface area contributed by atoms with E-state index in [-0.39, 0.29) is 34.1 Å². The van der Waals surface area contributed by atoms with Crippen LogP contribution >= 0.6 is 35.0 Å². The summed E-state index contributed by atoms with van der Waals surface area (Å²) in [5.41, 5.74) is 0.626. The zero-order valence-electron chi connectivity index (χ0n) is 10.7. The molecule has 108 valence electrons. The molecule has 0 unspecified atom stereocenters. The number of carbonyl (C=O) groups excluding carboxylic acids is 1. The Morgan fingerprint density at radius 3 is 2.67 bits per heavy atom. The molecule has 0 aliphatic carbocycles. The lowest BCUT2D eigenvalue weighted by Gasteiger charge is -2.28. The van der Waals surface area contributed by atoms with Crippen LogP contribution < -0.4 is 9.64 Å². The zero-order valence-corrected chi connectivity index (χ0v) is 13.0. The van der Waals surface area contributed by atoms with E-state index in [1.807, 2.05) is 6.26 Å². The van der Waals surface area contributed by atoms with Crippen LogP contribution in [0.3, 0.4) is 0 Å². The van der Waals surface area contributed by atoms with Crippen molar-refractivity contribution in [3.63, 3.8) is 0 Å². The van der Waals surface area contributed by atoms with Gasteiger partial charge in [-0.2, -0.15) is 4.98 Å². The van der Waals surface area contributed by atoms with Crippen LogP contribution in [0, 0.1) is 0 Å². The van der Waals surface area contributed by atoms with Gasteiger partial charge in [-0.3, -0.25) is 14.7 Å². The fourth-order valence-electron chi connectivity index (χ4n) is 1.86. The van der Waals surface area contributed by atoms with E-state index in [0.717, 1.165) is 0 Å². The van der Waals surface area contributed by atoms with Crippen molar-refractivity contribution >= 4 is 46.6 Å². The number of amides is 1. The Morgan fingerprint density at radius 2 is 2.00 bits per heavy atom. The fraction of sp³-hybridized carbons (Fsp3) is 0.167. The third-order valence-electron chi connectivity index (χ3n) is 2.82. The number of pyridine rings is 1. The smallest absolute Gasteiger partial charge is 0.268 e. The SMILES string of the molecule is CSc1ncc2c(n1)OCN(c1c(Cl)cncc1Cl)C2=O. The Hall–Kier alpha value is -1.57. The molecule has 9 heteroatoms. The molecule has 2 aromatic rings. The quantitative estimate of drug-likeness (QED) is 0.617. The zero-order chi connectivity index (χ0) is 15.0. The highest BCUT2D eigenvalue weighted by Gasteiger charge is 2.31. The molecule has 0 saturated carbocycles. The number of thioether (sulfide) groups is 1. The Morgan fingerprint density at radius 1 is 1.29 bits per heavy atom. The Kier molecular flexibility index (Phi) is 3.88. The second-order valence-corrected chi connectivity index (χ2v) is 5.62. The third kappa shape index (κ3) is 2.52. The van der Waals surface area contributed by atoms with Crippen LogP contribution in [-0.2, 0) is 0 Å². The number of hydrogen-bond donors (Lipinski definition) is 0. The van der Waals surface area contributed by atoms with Crippen molar-refractivity contribution in [3.05, 3.63) is 34.2 Å². The number of aromatic nitrogens is 3. The summed E-state index contributed by atoms with van der Waals surface area (Å²) in [6.45, 7) is -0.0277. The predicted octanol–water partition coefficient (Wildman–Crippen LogP) is 2.90. The molecule has 0 fully saturated rings. The molecule has 3 rings (SSSR count). The van der Waals surface area contributed by atoms with Crippen molar-refractivity contribution in [2.24, 2.45) is 0 Å². The standard InChI is InChI=1S/C12H8Cl2N4O2S/c1-21-12-16-2-6-10(17-12)20-5-18(11(6)19)9-7(13)3-15-4-8(9)14/h2-4H,5H2,1H3. The Balaban J connectivity index is 2.03. The van der Waals surface area contributed by atoms with Crippen molar-refractivity contribution in [1.29, 1.82) is 0 Å². The Labute approximate surface area is 134 Å². The summed E-state index contributed by atoms with van der Waals surface area (Å²) in [6.07, 6.45) is 6.11. The molecule has 1 amide bonds. The summed E-state index contributed by atoms with van der Waals surface area (Å²) < 4.78 is 5.52. The summed E-state index contributed by atoms with van der Waals surface area (Å²) in [6, 6.07) is 0. The normalized spacial score (nSPS) is 13.9. The molecule has 3 heterocycles. The van der Waals surface area contributed by atoms with Crippen molar-refractivity contribution in [2.75, 3.05) is 17.9 Å². The van der Waals surface area contributed by atoms with Crippen molar-refractivity contribution < 1.29 is 9.53 Å². The lowest BCUT2D eigenvalue weighted by atomic mass is 10.2. The molecule has 1 aliphatic heterocycles. The maximum atomic E-state index is 12.5. The first-order valence-electron chi connectivity index (χ1n) is 5.76. The molecule has 6 nitrogen and oxygen atoms in total. The number of ether oxygens (including phenoxy) is 1. The number of carbonyl (C=O) groups is 1. The monoisotopic (exact) mass is 342 g/mol. The number of rotatable bonds is 2. The van der Waals surface area contributed by atoms with Crippen LogP contribution in [-0.4, -0.2) is 33.8 Å². The van der Waals surface area contributed by atoms with Gasteiger partial charge in [0.15, 0.2) is 11.9 Å². The van der Waals surface area contributed by atoms with Crippen molar-refractivity contribution in [2.45, 2.75) is 5.16 Å². The largest absolute Gasteiger partial charge is 0.455 e. The molecule has 0 saturated heterocycles. The highest BCUT2D eigenvalue weighted by molar-refractivity contribution is 7.98. The molecular weight excluding hydrogens is 335 g/mol. The van der Waals surface area contributed by atoms with Crippen LogP contribution in [0.5, 0.6) is 5.88 Å². The Bertz CT molecular complexity index is 708. The lowest BCUT2D eigenvalue weighted by Crippen LogP contribution is -2.39. The minimum atomic E-state index is -0.320.